The third-order valence-electron chi connectivity index (χ3n) is 2.08. The van der Waals surface area contributed by atoms with Crippen LogP contribution in [0.1, 0.15) is 32.6 Å². The quantitative estimate of drug-likeness (QED) is 0.492. The van der Waals surface area contributed by atoms with E-state index in [1.807, 2.05) is 13.3 Å². The van der Waals surface area contributed by atoms with E-state index in [4.69, 9.17) is 0 Å². The molecule has 0 aromatic carbocycles. The normalized spacial score (nSPS) is 20.6. The van der Waals surface area contributed by atoms with Crippen LogP contribution in [0.2, 0.25) is 0 Å². The number of nitrogens with zero attached hydrogens (tertiary/aromatic N) is 1. The van der Waals surface area contributed by atoms with Crippen molar-refractivity contribution in [1.82, 2.24) is 0 Å². The fourth-order valence-electron chi connectivity index (χ4n) is 1.41. The van der Waals surface area contributed by atoms with Crippen molar-refractivity contribution in [3.63, 3.8) is 0 Å². The Balaban J connectivity index is 2.68. The van der Waals surface area contributed by atoms with Gasteiger partial charge in [-0.2, -0.15) is 0 Å². The van der Waals surface area contributed by atoms with E-state index in [2.05, 4.69) is 11.9 Å². The predicted molar refractivity (Wildman–Crippen MR) is 45.6 cm³/mol. The average molecular weight is 137 g/mol. The van der Waals surface area contributed by atoms with Crippen molar-refractivity contribution in [2.75, 3.05) is 7.05 Å². The Hall–Kier alpha value is -0.590. The van der Waals surface area contributed by atoms with Crippen LogP contribution < -0.4 is 0 Å². The predicted octanol–water partition coefficient (Wildman–Crippen LogP) is 2.58. The number of rotatable bonds is 1. The Labute approximate surface area is 62.9 Å². The Kier molecular flexibility index (Phi) is 2.67. The highest BCUT2D eigenvalue weighted by molar-refractivity contribution is 5.79. The molecule has 1 aliphatic carbocycles. The molecule has 0 saturated heterocycles. The van der Waals surface area contributed by atoms with Gasteiger partial charge in [0.1, 0.15) is 0 Å². The average Bonchev–Trinajstić information content (AvgIpc) is 1.94. The zero-order valence-electron chi connectivity index (χ0n) is 6.85. The van der Waals surface area contributed by atoms with Crippen LogP contribution in [0.3, 0.4) is 0 Å². The molecule has 0 heterocycles. The minimum absolute atomic E-state index is 1.24. The van der Waals surface area contributed by atoms with Crippen molar-refractivity contribution in [3.05, 3.63) is 11.1 Å². The molecule has 0 radical (unpaired) electrons. The van der Waals surface area contributed by atoms with Gasteiger partial charge in [-0.1, -0.05) is 5.57 Å². The van der Waals surface area contributed by atoms with Gasteiger partial charge in [-0.25, -0.2) is 0 Å². The summed E-state index contributed by atoms with van der Waals surface area (Å²) in [5.41, 5.74) is 3.01. The SMILES string of the molecule is C/N=C\C1=C(C)CCCC1. The lowest BCUT2D eigenvalue weighted by molar-refractivity contribution is 0.690. The summed E-state index contributed by atoms with van der Waals surface area (Å²) in [4.78, 5) is 4.03. The number of hydrogen-bond acceptors (Lipinski definition) is 1. The molecule has 1 aliphatic rings. The zero-order chi connectivity index (χ0) is 7.40. The molecule has 1 rings (SSSR count). The summed E-state index contributed by atoms with van der Waals surface area (Å²) < 4.78 is 0. The molecule has 0 N–H and O–H groups in total. The van der Waals surface area contributed by atoms with Gasteiger partial charge in [0.15, 0.2) is 0 Å². The van der Waals surface area contributed by atoms with E-state index >= 15 is 0 Å². The molecule has 0 spiro atoms. The van der Waals surface area contributed by atoms with Crippen LogP contribution in [0, 0.1) is 0 Å². The van der Waals surface area contributed by atoms with Gasteiger partial charge < -0.3 is 0 Å². The molecule has 0 amide bonds. The lowest BCUT2D eigenvalue weighted by atomic mass is 9.94. The van der Waals surface area contributed by atoms with Gasteiger partial charge in [-0.15, -0.1) is 0 Å². The van der Waals surface area contributed by atoms with Crippen LogP contribution in [0.5, 0.6) is 0 Å². The van der Waals surface area contributed by atoms with Gasteiger partial charge in [0.05, 0.1) is 0 Å². The van der Waals surface area contributed by atoms with E-state index in [9.17, 15) is 0 Å². The number of aliphatic imine (C=N–C) groups is 1. The Morgan fingerprint density at radius 1 is 1.30 bits per heavy atom. The van der Waals surface area contributed by atoms with Crippen LogP contribution in [0.25, 0.3) is 0 Å². The lowest BCUT2D eigenvalue weighted by Gasteiger charge is -2.13. The first-order chi connectivity index (χ1) is 4.84. The van der Waals surface area contributed by atoms with E-state index < -0.39 is 0 Å². The molecule has 0 aliphatic heterocycles. The summed E-state index contributed by atoms with van der Waals surface area (Å²) in [6.45, 7) is 2.22. The summed E-state index contributed by atoms with van der Waals surface area (Å²) in [5.74, 6) is 0. The second-order valence-corrected chi connectivity index (χ2v) is 2.90. The highest BCUT2D eigenvalue weighted by Crippen LogP contribution is 2.22. The molecule has 1 nitrogen and oxygen atoms in total. The standard InChI is InChI=1S/C9H15N/c1-8-5-3-4-6-9(8)7-10-2/h7H,3-6H2,1-2H3/b10-7-. The van der Waals surface area contributed by atoms with Crippen LogP contribution >= 0.6 is 0 Å². The van der Waals surface area contributed by atoms with Crippen LogP contribution in [0.4, 0.5) is 0 Å². The van der Waals surface area contributed by atoms with Gasteiger partial charge in [0.2, 0.25) is 0 Å². The monoisotopic (exact) mass is 137 g/mol. The Morgan fingerprint density at radius 2 is 2.00 bits per heavy atom. The minimum atomic E-state index is 1.24. The van der Waals surface area contributed by atoms with Crippen molar-refractivity contribution in [2.45, 2.75) is 32.6 Å². The second kappa shape index (κ2) is 3.55. The molecule has 0 atom stereocenters. The van der Waals surface area contributed by atoms with Crippen molar-refractivity contribution in [2.24, 2.45) is 4.99 Å². The maximum Gasteiger partial charge on any atom is 0.0277 e. The second-order valence-electron chi connectivity index (χ2n) is 2.90. The van der Waals surface area contributed by atoms with E-state index in [1.165, 1.54) is 36.8 Å². The molecule has 0 unspecified atom stereocenters. The number of allylic oxidation sites excluding steroid dienone is 2. The molecule has 0 aromatic rings. The summed E-state index contributed by atoms with van der Waals surface area (Å²) in [7, 11) is 1.84. The fourth-order valence-corrected chi connectivity index (χ4v) is 1.41. The third kappa shape index (κ3) is 1.69. The molecule has 0 aromatic heterocycles. The molecule has 10 heavy (non-hydrogen) atoms. The molecule has 0 saturated carbocycles. The van der Waals surface area contributed by atoms with Gasteiger partial charge >= 0.3 is 0 Å². The van der Waals surface area contributed by atoms with Gasteiger partial charge in [-0.3, -0.25) is 4.99 Å². The first-order valence-corrected chi connectivity index (χ1v) is 3.95. The summed E-state index contributed by atoms with van der Waals surface area (Å²) in [5, 5.41) is 0. The topological polar surface area (TPSA) is 12.4 Å². The fraction of sp³-hybridized carbons (Fsp3) is 0.667. The van der Waals surface area contributed by atoms with Crippen molar-refractivity contribution in [3.8, 4) is 0 Å². The highest BCUT2D eigenvalue weighted by atomic mass is 14.6. The largest absolute Gasteiger partial charge is 0.296 e. The van der Waals surface area contributed by atoms with Crippen LogP contribution in [-0.4, -0.2) is 13.3 Å². The van der Waals surface area contributed by atoms with Crippen molar-refractivity contribution in [1.29, 1.82) is 0 Å². The Morgan fingerprint density at radius 3 is 2.60 bits per heavy atom. The molecule has 56 valence electrons. The summed E-state index contributed by atoms with van der Waals surface area (Å²) in [6.07, 6.45) is 7.24. The summed E-state index contributed by atoms with van der Waals surface area (Å²) in [6, 6.07) is 0. The highest BCUT2D eigenvalue weighted by Gasteiger charge is 2.05. The minimum Gasteiger partial charge on any atom is -0.296 e. The van der Waals surface area contributed by atoms with Gasteiger partial charge in [0, 0.05) is 13.3 Å². The lowest BCUT2D eigenvalue weighted by Crippen LogP contribution is -1.97. The molecular weight excluding hydrogens is 122 g/mol. The molecule has 1 heteroatoms. The van der Waals surface area contributed by atoms with Crippen LogP contribution in [0.15, 0.2) is 16.1 Å². The van der Waals surface area contributed by atoms with E-state index in [0.29, 0.717) is 0 Å². The van der Waals surface area contributed by atoms with Crippen molar-refractivity contribution < 1.29 is 0 Å². The van der Waals surface area contributed by atoms with Crippen molar-refractivity contribution >= 4 is 6.21 Å². The van der Waals surface area contributed by atoms with E-state index in [-0.39, 0.29) is 0 Å². The van der Waals surface area contributed by atoms with E-state index in [1.54, 1.807) is 0 Å². The molecule has 0 bridgehead atoms. The van der Waals surface area contributed by atoms with Crippen LogP contribution in [-0.2, 0) is 0 Å². The molecule has 0 fully saturated rings. The maximum atomic E-state index is 4.03. The summed E-state index contributed by atoms with van der Waals surface area (Å²) >= 11 is 0. The maximum absolute atomic E-state index is 4.03. The third-order valence-corrected chi connectivity index (χ3v) is 2.08. The Bertz CT molecular complexity index is 166. The van der Waals surface area contributed by atoms with Gasteiger partial charge in [0.25, 0.3) is 0 Å². The zero-order valence-corrected chi connectivity index (χ0v) is 6.85. The first kappa shape index (κ1) is 7.52. The smallest absolute Gasteiger partial charge is 0.0277 e. The first-order valence-electron chi connectivity index (χ1n) is 3.95. The number of hydrogen-bond donors (Lipinski definition) is 0. The van der Waals surface area contributed by atoms with E-state index in [0.717, 1.165) is 0 Å². The van der Waals surface area contributed by atoms with Gasteiger partial charge in [-0.05, 0) is 38.2 Å². The molecular formula is C9H15N.